The van der Waals surface area contributed by atoms with Crippen molar-refractivity contribution in [2.45, 2.75) is 0 Å². The summed E-state index contributed by atoms with van der Waals surface area (Å²) in [5.41, 5.74) is 5.08. The number of ether oxygens (including phenoxy) is 1. The van der Waals surface area contributed by atoms with Gasteiger partial charge < -0.3 is 4.74 Å². The molecule has 1 aliphatic heterocycles. The van der Waals surface area contributed by atoms with Gasteiger partial charge in [0.25, 0.3) is 0 Å². The smallest absolute Gasteiger partial charge is 0.196 e. The minimum Gasteiger partial charge on any atom is -0.456 e. The molecule has 0 aromatic heterocycles. The normalized spacial score (nSPS) is 15.7. The van der Waals surface area contributed by atoms with Gasteiger partial charge in [0.15, 0.2) is 5.71 Å². The summed E-state index contributed by atoms with van der Waals surface area (Å²) in [5.74, 6) is 1.68. The Morgan fingerprint density at radius 1 is 0.600 bits per heavy atom. The maximum atomic E-state index is 8.49. The van der Waals surface area contributed by atoms with E-state index in [0.717, 1.165) is 39.5 Å². The fourth-order valence-corrected chi connectivity index (χ4v) is 2.83. The first-order valence-corrected chi connectivity index (χ1v) is 10.1. The van der Waals surface area contributed by atoms with Crippen LogP contribution in [0.15, 0.2) is 108 Å². The summed E-state index contributed by atoms with van der Waals surface area (Å²) in [6.45, 7) is 0. The Morgan fingerprint density at radius 2 is 1.00 bits per heavy atom. The molecule has 2 aromatic rings. The van der Waals surface area contributed by atoms with Gasteiger partial charge in [-0.1, -0.05) is 60.7 Å². The molecule has 0 saturated heterocycles. The number of rotatable bonds is 2. The fourth-order valence-electron chi connectivity index (χ4n) is 2.83. The van der Waals surface area contributed by atoms with Crippen LogP contribution in [0.2, 0.25) is 0 Å². The number of halogens is 1. The largest absolute Gasteiger partial charge is 0.456 e. The van der Waals surface area contributed by atoms with Gasteiger partial charge in [-0.15, -0.1) is 10.2 Å². The minimum absolute atomic E-state index is 0.760. The van der Waals surface area contributed by atoms with Crippen molar-refractivity contribution in [2.75, 3.05) is 0 Å². The van der Waals surface area contributed by atoms with Crippen molar-refractivity contribution >= 4 is 17.2 Å². The predicted octanol–water partition coefficient (Wildman–Crippen LogP) is -1.03. The van der Waals surface area contributed by atoms with Crippen LogP contribution in [-0.2, 0) is 4.74 Å². The van der Waals surface area contributed by atoms with Gasteiger partial charge >= 0.3 is 0 Å². The first-order chi connectivity index (χ1) is 14.3. The molecule has 0 radical (unpaired) electrons. The van der Waals surface area contributed by atoms with Crippen molar-refractivity contribution < 1.29 is 39.0 Å². The zero-order valence-corrected chi connectivity index (χ0v) is 16.5. The highest BCUT2D eigenvalue weighted by molar-refractivity contribution is 6.01. The van der Waals surface area contributed by atoms with E-state index in [1.165, 1.54) is 0 Å². The highest BCUT2D eigenvalue weighted by Gasteiger charge is 2.16. The molecule has 0 unspecified atom stereocenters. The van der Waals surface area contributed by atoms with Crippen LogP contribution in [0.25, 0.3) is 11.5 Å². The van der Waals surface area contributed by atoms with E-state index in [4.69, 9.17) is 28.8 Å². The molecule has 30 heavy (non-hydrogen) atoms. The van der Waals surface area contributed by atoms with E-state index in [2.05, 4.69) is 36.4 Å². The summed E-state index contributed by atoms with van der Waals surface area (Å²) >= 11 is 0. The molecule has 6 nitrogen and oxygen atoms in total. The van der Waals surface area contributed by atoms with Crippen molar-refractivity contribution in [2.24, 2.45) is 0 Å². The van der Waals surface area contributed by atoms with Crippen molar-refractivity contribution in [3.63, 3.8) is 0 Å². The van der Waals surface area contributed by atoms with Gasteiger partial charge in [-0.3, -0.25) is 5.41 Å². The third-order valence-electron chi connectivity index (χ3n) is 4.15. The first-order valence-electron chi connectivity index (χ1n) is 8.86. The van der Waals surface area contributed by atoms with Gasteiger partial charge in [0.2, 0.25) is 0 Å². The van der Waals surface area contributed by atoms with Crippen molar-refractivity contribution in [1.29, 1.82) is 0 Å². The highest BCUT2D eigenvalue weighted by Crippen LogP contribution is 2.33. The molecule has 0 bridgehead atoms. The lowest BCUT2D eigenvalue weighted by Gasteiger charge is -2.20. The van der Waals surface area contributed by atoms with Crippen LogP contribution in [-0.4, -0.2) is 5.71 Å². The Kier molecular flexibility index (Phi) is 6.79. The van der Waals surface area contributed by atoms with Crippen LogP contribution in [0.1, 0.15) is 11.1 Å². The molecule has 0 amide bonds. The second-order valence-corrected chi connectivity index (χ2v) is 7.06. The lowest BCUT2D eigenvalue weighted by atomic mass is 9.97. The summed E-state index contributed by atoms with van der Waals surface area (Å²) in [6, 6.07) is 20.3. The summed E-state index contributed by atoms with van der Waals surface area (Å²) in [7, 11) is -4.94. The van der Waals surface area contributed by atoms with Crippen LogP contribution < -0.4 is 24.0 Å². The van der Waals surface area contributed by atoms with E-state index in [-0.39, 0.29) is 0 Å². The van der Waals surface area contributed by atoms with Gasteiger partial charge in [-0.2, -0.15) is 0 Å². The van der Waals surface area contributed by atoms with Gasteiger partial charge in [0, 0.05) is 23.3 Å². The maximum Gasteiger partial charge on any atom is 0.196 e. The number of hydrogen-bond acceptors (Lipinski definition) is 5. The Bertz CT molecular complexity index is 980. The molecular formula is C23H18ClNO5. The molecule has 0 spiro atoms. The zero-order valence-electron chi connectivity index (χ0n) is 15.7. The monoisotopic (exact) mass is 423 g/mol. The molecular weight excluding hydrogens is 406 g/mol. The summed E-state index contributed by atoms with van der Waals surface area (Å²) in [5, 5.41) is 5.83. The first kappa shape index (κ1) is 21.4. The number of allylic oxidation sites excluding steroid dienone is 8. The molecule has 1 aliphatic carbocycles. The lowest BCUT2D eigenvalue weighted by Crippen LogP contribution is -2.68. The van der Waals surface area contributed by atoms with Gasteiger partial charge in [-0.25, -0.2) is 18.6 Å². The van der Waals surface area contributed by atoms with E-state index in [0.29, 0.717) is 0 Å². The third-order valence-corrected chi connectivity index (χ3v) is 4.15. The van der Waals surface area contributed by atoms with Gasteiger partial charge in [0.1, 0.15) is 11.5 Å². The lowest BCUT2D eigenvalue weighted by molar-refractivity contribution is -2.00. The van der Waals surface area contributed by atoms with E-state index < -0.39 is 10.2 Å². The SMILES string of the molecule is [NH2+]=C1C=CC(=C2C=C(c3ccccc3)OC(c3ccccc3)=C2)C=C1.[O-][Cl+3]([O-])([O-])[O-]. The predicted molar refractivity (Wildman–Crippen MR) is 102 cm³/mol. The Hall–Kier alpha value is -3.26. The molecule has 2 aromatic carbocycles. The average Bonchev–Trinajstić information content (AvgIpc) is 2.74. The second-order valence-electron chi connectivity index (χ2n) is 6.31. The third kappa shape index (κ3) is 6.38. The molecule has 2 aliphatic rings. The fraction of sp³-hybridized carbons (Fsp3) is 0. The molecule has 7 heteroatoms. The van der Waals surface area contributed by atoms with Crippen molar-refractivity contribution in [3.8, 4) is 0 Å². The van der Waals surface area contributed by atoms with Crippen LogP contribution >= 0.6 is 0 Å². The van der Waals surface area contributed by atoms with Gasteiger partial charge in [0.05, 0.1) is 0 Å². The molecule has 4 rings (SSSR count). The second kappa shape index (κ2) is 9.49. The highest BCUT2D eigenvalue weighted by atomic mass is 35.7. The van der Waals surface area contributed by atoms with Crippen molar-refractivity contribution in [3.05, 3.63) is 119 Å². The van der Waals surface area contributed by atoms with E-state index in [1.54, 1.807) is 0 Å². The summed E-state index contributed by atoms with van der Waals surface area (Å²) in [4.78, 5) is 0. The summed E-state index contributed by atoms with van der Waals surface area (Å²) in [6.07, 6.45) is 12.1. The van der Waals surface area contributed by atoms with Crippen molar-refractivity contribution in [1.82, 2.24) is 0 Å². The van der Waals surface area contributed by atoms with Crippen LogP contribution in [0, 0.1) is 10.2 Å². The van der Waals surface area contributed by atoms with Crippen LogP contribution in [0.3, 0.4) is 0 Å². The molecule has 152 valence electrons. The summed E-state index contributed by atoms with van der Waals surface area (Å²) < 4.78 is 40.2. The molecule has 0 saturated carbocycles. The van der Waals surface area contributed by atoms with E-state index in [9.17, 15) is 0 Å². The minimum atomic E-state index is -4.94. The van der Waals surface area contributed by atoms with Crippen LogP contribution in [0.4, 0.5) is 0 Å². The Balaban J connectivity index is 0.000000461. The number of hydrogen-bond donors (Lipinski definition) is 1. The molecule has 0 atom stereocenters. The average molecular weight is 424 g/mol. The molecule has 0 fully saturated rings. The van der Waals surface area contributed by atoms with Crippen LogP contribution in [0.5, 0.6) is 0 Å². The standard InChI is InChI=1S/C23H17NO.ClHO4/c24-21-13-11-17(12-14-21)20-15-22(18-7-3-1-4-8-18)25-23(16-20)19-9-5-2-6-10-19;2-1(3,4)5/h1-16,24H;(H,2,3,4,5). The van der Waals surface area contributed by atoms with Gasteiger partial charge in [-0.05, 0) is 35.5 Å². The Labute approximate surface area is 175 Å². The Morgan fingerprint density at radius 3 is 1.40 bits per heavy atom. The topological polar surface area (TPSA) is 127 Å². The molecule has 2 N–H and O–H groups in total. The molecule has 1 heterocycles. The number of nitrogens with two attached hydrogens (primary N) is 1. The number of benzene rings is 2. The maximum absolute atomic E-state index is 8.49. The van der Waals surface area contributed by atoms with E-state index in [1.807, 2.05) is 60.7 Å². The zero-order chi connectivity index (χ0) is 21.6. The van der Waals surface area contributed by atoms with E-state index >= 15 is 0 Å². The quantitative estimate of drug-likeness (QED) is 0.660.